The van der Waals surface area contributed by atoms with Crippen LogP contribution >= 0.6 is 15.9 Å². The molecule has 0 amide bonds. The molecule has 0 unspecified atom stereocenters. The predicted molar refractivity (Wildman–Crippen MR) is 83.9 cm³/mol. The molecule has 0 spiro atoms. The molecule has 0 N–H and O–H groups in total. The number of halogens is 2. The molecule has 3 nitrogen and oxygen atoms in total. The number of rotatable bonds is 4. The molecule has 0 fully saturated rings. The highest BCUT2D eigenvalue weighted by Crippen LogP contribution is 2.30. The summed E-state index contributed by atoms with van der Waals surface area (Å²) in [5.41, 5.74) is 1.66. The highest BCUT2D eigenvalue weighted by molar-refractivity contribution is 9.10. The third-order valence-corrected chi connectivity index (χ3v) is 3.97. The lowest BCUT2D eigenvalue weighted by Gasteiger charge is -2.22. The molecule has 0 aliphatic carbocycles. The van der Waals surface area contributed by atoms with Gasteiger partial charge in [0, 0.05) is 19.2 Å². The molecule has 0 aromatic heterocycles. The maximum Gasteiger partial charge on any atom is 0.161 e. The van der Waals surface area contributed by atoms with Gasteiger partial charge in [-0.05, 0) is 34.1 Å². The first-order valence-corrected chi connectivity index (χ1v) is 7.09. The van der Waals surface area contributed by atoms with Crippen molar-refractivity contribution in [1.29, 1.82) is 5.26 Å². The molecule has 0 saturated heterocycles. The Morgan fingerprint density at radius 1 is 1.29 bits per heavy atom. The lowest BCUT2D eigenvalue weighted by molar-refractivity contribution is 0.409. The molecule has 21 heavy (non-hydrogen) atoms. The second-order valence-corrected chi connectivity index (χ2v) is 5.33. The van der Waals surface area contributed by atoms with Gasteiger partial charge in [-0.15, -0.1) is 0 Å². The number of methoxy groups -OCH3 is 1. The zero-order chi connectivity index (χ0) is 15.4. The molecule has 0 heterocycles. The van der Waals surface area contributed by atoms with Gasteiger partial charge in [-0.2, -0.15) is 5.26 Å². The van der Waals surface area contributed by atoms with Crippen LogP contribution in [0.25, 0.3) is 0 Å². The smallest absolute Gasteiger partial charge is 0.161 e. The van der Waals surface area contributed by atoms with Gasteiger partial charge in [0.15, 0.2) is 5.82 Å². The van der Waals surface area contributed by atoms with E-state index in [2.05, 4.69) is 15.9 Å². The number of hydrogen-bond donors (Lipinski definition) is 0. The molecule has 0 aliphatic heterocycles. The second-order valence-electron chi connectivity index (χ2n) is 4.54. The zero-order valence-corrected chi connectivity index (χ0v) is 13.3. The summed E-state index contributed by atoms with van der Waals surface area (Å²) >= 11 is 3.12. The van der Waals surface area contributed by atoms with Crippen LogP contribution in [0.1, 0.15) is 11.1 Å². The Morgan fingerprint density at radius 3 is 2.67 bits per heavy atom. The summed E-state index contributed by atoms with van der Waals surface area (Å²) in [6.45, 7) is 0.499. The minimum Gasteiger partial charge on any atom is -0.496 e. The molecule has 2 aromatic carbocycles. The van der Waals surface area contributed by atoms with Gasteiger partial charge in [0.1, 0.15) is 11.8 Å². The molecule has 0 bridgehead atoms. The average molecular weight is 349 g/mol. The van der Waals surface area contributed by atoms with Gasteiger partial charge in [0.05, 0.1) is 22.8 Å². The standard InChI is InChI=1S/C16H14BrFN2O/c1-20(10-12-5-3-4-6-14(12)21-2)13-8-7-11(9-19)15(17)16(13)18/h3-8H,10H2,1-2H3. The lowest BCUT2D eigenvalue weighted by Crippen LogP contribution is -2.18. The topological polar surface area (TPSA) is 36.3 Å². The van der Waals surface area contributed by atoms with Crippen LogP contribution in [-0.2, 0) is 6.54 Å². The van der Waals surface area contributed by atoms with E-state index in [9.17, 15) is 4.39 Å². The highest BCUT2D eigenvalue weighted by atomic mass is 79.9. The van der Waals surface area contributed by atoms with E-state index in [-0.39, 0.29) is 10.0 Å². The van der Waals surface area contributed by atoms with Crippen LogP contribution in [0.5, 0.6) is 5.75 Å². The number of anilines is 1. The largest absolute Gasteiger partial charge is 0.496 e. The van der Waals surface area contributed by atoms with Crippen LogP contribution in [-0.4, -0.2) is 14.2 Å². The van der Waals surface area contributed by atoms with Crippen molar-refractivity contribution in [3.63, 3.8) is 0 Å². The van der Waals surface area contributed by atoms with E-state index < -0.39 is 5.82 Å². The van der Waals surface area contributed by atoms with Gasteiger partial charge in [-0.1, -0.05) is 18.2 Å². The molecule has 2 aromatic rings. The lowest BCUT2D eigenvalue weighted by atomic mass is 10.1. The van der Waals surface area contributed by atoms with Crippen LogP contribution in [0.15, 0.2) is 40.9 Å². The maximum absolute atomic E-state index is 14.3. The average Bonchev–Trinajstić information content (AvgIpc) is 2.50. The van der Waals surface area contributed by atoms with E-state index in [1.165, 1.54) is 0 Å². The van der Waals surface area contributed by atoms with E-state index in [1.54, 1.807) is 31.2 Å². The summed E-state index contributed by atoms with van der Waals surface area (Å²) in [4.78, 5) is 1.78. The summed E-state index contributed by atoms with van der Waals surface area (Å²) in [6.07, 6.45) is 0. The number of para-hydroxylation sites is 1. The van der Waals surface area contributed by atoms with Crippen LogP contribution in [0.3, 0.4) is 0 Å². The van der Waals surface area contributed by atoms with Gasteiger partial charge in [0.25, 0.3) is 0 Å². The van der Waals surface area contributed by atoms with E-state index in [4.69, 9.17) is 10.00 Å². The van der Waals surface area contributed by atoms with Crippen LogP contribution < -0.4 is 9.64 Å². The Labute approximate surface area is 131 Å². The van der Waals surface area contributed by atoms with Crippen molar-refractivity contribution < 1.29 is 9.13 Å². The summed E-state index contributed by atoms with van der Waals surface area (Å²) in [7, 11) is 3.40. The Morgan fingerprint density at radius 2 is 2.00 bits per heavy atom. The predicted octanol–water partition coefficient (Wildman–Crippen LogP) is 4.10. The monoisotopic (exact) mass is 348 g/mol. The second kappa shape index (κ2) is 6.59. The SMILES string of the molecule is COc1ccccc1CN(C)c1ccc(C#N)c(Br)c1F. The molecule has 108 valence electrons. The van der Waals surface area contributed by atoms with Gasteiger partial charge in [-0.3, -0.25) is 0 Å². The maximum atomic E-state index is 14.3. The van der Waals surface area contributed by atoms with Crippen molar-refractivity contribution in [2.75, 3.05) is 19.1 Å². The fraction of sp³-hybridized carbons (Fsp3) is 0.188. The van der Waals surface area contributed by atoms with E-state index in [0.717, 1.165) is 11.3 Å². The zero-order valence-electron chi connectivity index (χ0n) is 11.7. The summed E-state index contributed by atoms with van der Waals surface area (Å²) in [5.74, 6) is 0.323. The number of nitriles is 1. The van der Waals surface area contributed by atoms with Crippen LogP contribution in [0.2, 0.25) is 0 Å². The van der Waals surface area contributed by atoms with E-state index >= 15 is 0 Å². The third-order valence-electron chi connectivity index (χ3n) is 3.19. The Bertz CT molecular complexity index is 697. The van der Waals surface area contributed by atoms with Gasteiger partial charge in [0.2, 0.25) is 0 Å². The van der Waals surface area contributed by atoms with E-state index in [1.807, 2.05) is 30.3 Å². The van der Waals surface area contributed by atoms with Crippen LogP contribution in [0.4, 0.5) is 10.1 Å². The summed E-state index contributed by atoms with van der Waals surface area (Å²) in [6, 6.07) is 12.8. The number of ether oxygens (including phenoxy) is 1. The Balaban J connectivity index is 2.31. The van der Waals surface area contributed by atoms with Crippen molar-refractivity contribution in [3.8, 4) is 11.8 Å². The molecule has 0 radical (unpaired) electrons. The van der Waals surface area contributed by atoms with Crippen molar-refractivity contribution in [2.24, 2.45) is 0 Å². The fourth-order valence-electron chi connectivity index (χ4n) is 2.09. The first-order valence-electron chi connectivity index (χ1n) is 6.29. The molecule has 0 saturated carbocycles. The third kappa shape index (κ3) is 3.17. The Hall–Kier alpha value is -2.06. The van der Waals surface area contributed by atoms with Crippen molar-refractivity contribution >= 4 is 21.6 Å². The first-order chi connectivity index (χ1) is 10.1. The molecular weight excluding hydrogens is 335 g/mol. The highest BCUT2D eigenvalue weighted by Gasteiger charge is 2.15. The van der Waals surface area contributed by atoms with Crippen molar-refractivity contribution in [3.05, 3.63) is 57.8 Å². The molecule has 0 aliphatic rings. The summed E-state index contributed by atoms with van der Waals surface area (Å²) < 4.78 is 19.8. The number of hydrogen-bond acceptors (Lipinski definition) is 3. The quantitative estimate of drug-likeness (QED) is 0.834. The minimum atomic E-state index is -0.438. The van der Waals surface area contributed by atoms with Crippen molar-refractivity contribution in [2.45, 2.75) is 6.54 Å². The van der Waals surface area contributed by atoms with Gasteiger partial charge >= 0.3 is 0 Å². The molecule has 0 atom stereocenters. The van der Waals surface area contributed by atoms with Crippen LogP contribution in [0, 0.1) is 17.1 Å². The fourth-order valence-corrected chi connectivity index (χ4v) is 2.52. The molecular formula is C16H14BrFN2O. The van der Waals surface area contributed by atoms with Gasteiger partial charge < -0.3 is 9.64 Å². The Kier molecular flexibility index (Phi) is 4.81. The number of benzene rings is 2. The number of nitrogens with zero attached hydrogens (tertiary/aromatic N) is 2. The van der Waals surface area contributed by atoms with E-state index in [0.29, 0.717) is 12.2 Å². The van der Waals surface area contributed by atoms with Gasteiger partial charge in [-0.25, -0.2) is 4.39 Å². The minimum absolute atomic E-state index is 0.189. The first kappa shape index (κ1) is 15.3. The molecule has 2 rings (SSSR count). The normalized spacial score (nSPS) is 10.0. The summed E-state index contributed by atoms with van der Waals surface area (Å²) in [5, 5.41) is 8.90. The van der Waals surface area contributed by atoms with Crippen molar-refractivity contribution in [1.82, 2.24) is 0 Å². The molecule has 5 heteroatoms.